The van der Waals surface area contributed by atoms with Gasteiger partial charge in [-0.15, -0.1) is 0 Å². The van der Waals surface area contributed by atoms with Gasteiger partial charge in [0.1, 0.15) is 0 Å². The second-order valence-electron chi connectivity index (χ2n) is 6.77. The van der Waals surface area contributed by atoms with Gasteiger partial charge in [-0.2, -0.15) is 0 Å². The maximum absolute atomic E-state index is 10.1. The Morgan fingerprint density at radius 3 is 2.77 bits per heavy atom. The zero-order valence-electron chi connectivity index (χ0n) is 13.9. The number of nitrogens with two attached hydrogens (primary N) is 1. The quantitative estimate of drug-likeness (QED) is 0.892. The molecule has 1 aromatic heterocycles. The number of carboxylic acids is 1. The van der Waals surface area contributed by atoms with Gasteiger partial charge in [-0.25, -0.2) is 4.98 Å². The summed E-state index contributed by atoms with van der Waals surface area (Å²) in [6, 6.07) is 2.08. The van der Waals surface area contributed by atoms with Crippen LogP contribution in [0.3, 0.4) is 0 Å². The number of nitrogens with zero attached hydrogens (tertiary/aromatic N) is 1. The summed E-state index contributed by atoms with van der Waals surface area (Å²) in [4.78, 5) is 14.3. The molecule has 0 aromatic carbocycles. The summed E-state index contributed by atoms with van der Waals surface area (Å²) in [5.74, 6) is 0.0997. The molecule has 0 unspecified atom stereocenters. The van der Waals surface area contributed by atoms with Gasteiger partial charge < -0.3 is 15.6 Å². The number of fused-ring (bicyclic) bond motifs is 1. The fraction of sp³-hybridized carbons (Fsp3) is 0.647. The van der Waals surface area contributed by atoms with E-state index in [0.29, 0.717) is 13.0 Å². The Morgan fingerprint density at radius 1 is 1.45 bits per heavy atom. The number of pyridine rings is 1. The predicted octanol–water partition coefficient (Wildman–Crippen LogP) is 3.15. The molecule has 5 nitrogen and oxygen atoms in total. The monoisotopic (exact) mass is 308 g/mol. The molecular formula is C17H28N2O3. The van der Waals surface area contributed by atoms with Crippen molar-refractivity contribution in [1.82, 2.24) is 4.98 Å². The SMILES string of the molecule is CC(C)(C)CCCC(=O)O.NCc1cnc2c(c1)CCCO2. The van der Waals surface area contributed by atoms with Crippen molar-refractivity contribution >= 4 is 5.97 Å². The molecule has 0 bridgehead atoms. The van der Waals surface area contributed by atoms with E-state index >= 15 is 0 Å². The third-order valence-corrected chi connectivity index (χ3v) is 3.36. The molecule has 5 heteroatoms. The highest BCUT2D eigenvalue weighted by Crippen LogP contribution is 2.22. The third-order valence-electron chi connectivity index (χ3n) is 3.36. The average molecular weight is 308 g/mol. The van der Waals surface area contributed by atoms with Crippen molar-refractivity contribution in [3.63, 3.8) is 0 Å². The zero-order valence-corrected chi connectivity index (χ0v) is 13.9. The Bertz CT molecular complexity index is 481. The molecule has 0 spiro atoms. The van der Waals surface area contributed by atoms with Gasteiger partial charge in [-0.05, 0) is 42.7 Å². The predicted molar refractivity (Wildman–Crippen MR) is 86.9 cm³/mol. The Hall–Kier alpha value is -1.62. The second kappa shape index (κ2) is 8.73. The van der Waals surface area contributed by atoms with E-state index in [4.69, 9.17) is 15.6 Å². The summed E-state index contributed by atoms with van der Waals surface area (Å²) in [5, 5.41) is 8.31. The molecule has 22 heavy (non-hydrogen) atoms. The number of aromatic nitrogens is 1. The minimum Gasteiger partial charge on any atom is -0.481 e. The Kier molecular flexibility index (Phi) is 7.32. The molecule has 3 N–H and O–H groups in total. The number of ether oxygens (including phenoxy) is 1. The topological polar surface area (TPSA) is 85.4 Å². The van der Waals surface area contributed by atoms with Gasteiger partial charge in [0.15, 0.2) is 0 Å². The summed E-state index contributed by atoms with van der Waals surface area (Å²) < 4.78 is 5.37. The summed E-state index contributed by atoms with van der Waals surface area (Å²) >= 11 is 0. The Morgan fingerprint density at radius 2 is 2.18 bits per heavy atom. The lowest BCUT2D eigenvalue weighted by Gasteiger charge is -2.16. The average Bonchev–Trinajstić information content (AvgIpc) is 2.45. The van der Waals surface area contributed by atoms with Gasteiger partial charge in [-0.3, -0.25) is 4.79 Å². The lowest BCUT2D eigenvalue weighted by atomic mass is 9.90. The van der Waals surface area contributed by atoms with Crippen LogP contribution in [-0.4, -0.2) is 22.7 Å². The Balaban J connectivity index is 0.000000225. The molecule has 1 aliphatic heterocycles. The van der Waals surface area contributed by atoms with Crippen molar-refractivity contribution < 1.29 is 14.6 Å². The van der Waals surface area contributed by atoms with Crippen molar-refractivity contribution in [2.75, 3.05) is 6.61 Å². The largest absolute Gasteiger partial charge is 0.481 e. The van der Waals surface area contributed by atoms with Crippen LogP contribution in [0.4, 0.5) is 0 Å². The summed E-state index contributed by atoms with van der Waals surface area (Å²) in [6.07, 6.45) is 6.01. The first-order valence-corrected chi connectivity index (χ1v) is 7.84. The van der Waals surface area contributed by atoms with Crippen LogP contribution in [0.25, 0.3) is 0 Å². The molecular weight excluding hydrogens is 280 g/mol. The second-order valence-corrected chi connectivity index (χ2v) is 6.77. The van der Waals surface area contributed by atoms with Crippen molar-refractivity contribution in [2.45, 2.75) is 59.4 Å². The maximum atomic E-state index is 10.1. The van der Waals surface area contributed by atoms with Crippen LogP contribution < -0.4 is 10.5 Å². The van der Waals surface area contributed by atoms with E-state index in [9.17, 15) is 4.79 Å². The fourth-order valence-corrected chi connectivity index (χ4v) is 2.17. The first-order chi connectivity index (χ1) is 10.3. The van der Waals surface area contributed by atoms with E-state index in [1.54, 1.807) is 6.20 Å². The molecule has 0 fully saturated rings. The number of aliphatic carboxylic acids is 1. The highest BCUT2D eigenvalue weighted by molar-refractivity contribution is 5.66. The lowest BCUT2D eigenvalue weighted by Crippen LogP contribution is -2.11. The van der Waals surface area contributed by atoms with Gasteiger partial charge in [-0.1, -0.05) is 20.8 Å². The van der Waals surface area contributed by atoms with Crippen LogP contribution in [-0.2, 0) is 17.8 Å². The normalized spacial score (nSPS) is 13.5. The molecule has 124 valence electrons. The highest BCUT2D eigenvalue weighted by Gasteiger charge is 2.11. The van der Waals surface area contributed by atoms with Crippen LogP contribution >= 0.6 is 0 Å². The summed E-state index contributed by atoms with van der Waals surface area (Å²) in [7, 11) is 0. The van der Waals surface area contributed by atoms with Gasteiger partial charge in [0.05, 0.1) is 6.61 Å². The summed E-state index contributed by atoms with van der Waals surface area (Å²) in [5.41, 5.74) is 8.06. The molecule has 1 aromatic rings. The number of hydrogen-bond donors (Lipinski definition) is 2. The highest BCUT2D eigenvalue weighted by atomic mass is 16.5. The van der Waals surface area contributed by atoms with Crippen molar-refractivity contribution in [3.8, 4) is 5.88 Å². The minimum absolute atomic E-state index is 0.273. The first-order valence-electron chi connectivity index (χ1n) is 7.84. The van der Waals surface area contributed by atoms with Crippen LogP contribution in [0.5, 0.6) is 5.88 Å². The lowest BCUT2D eigenvalue weighted by molar-refractivity contribution is -0.137. The van der Waals surface area contributed by atoms with Gasteiger partial charge in [0.2, 0.25) is 5.88 Å². The summed E-state index contributed by atoms with van der Waals surface area (Å²) in [6.45, 7) is 7.71. The molecule has 0 amide bonds. The van der Waals surface area contributed by atoms with Crippen molar-refractivity contribution in [2.24, 2.45) is 11.1 Å². The molecule has 0 atom stereocenters. The van der Waals surface area contributed by atoms with Gasteiger partial charge in [0, 0.05) is 24.7 Å². The maximum Gasteiger partial charge on any atom is 0.303 e. The smallest absolute Gasteiger partial charge is 0.303 e. The van der Waals surface area contributed by atoms with E-state index in [2.05, 4.69) is 31.8 Å². The molecule has 1 aliphatic rings. The van der Waals surface area contributed by atoms with Crippen LogP contribution in [0.15, 0.2) is 12.3 Å². The zero-order chi connectivity index (χ0) is 16.6. The number of aryl methyl sites for hydroxylation is 1. The van der Waals surface area contributed by atoms with Gasteiger partial charge in [0.25, 0.3) is 0 Å². The number of carboxylic acid groups (broad SMARTS) is 1. The number of hydrogen-bond acceptors (Lipinski definition) is 4. The molecule has 0 saturated carbocycles. The fourth-order valence-electron chi connectivity index (χ4n) is 2.17. The van der Waals surface area contributed by atoms with Crippen molar-refractivity contribution in [3.05, 3.63) is 23.4 Å². The molecule has 0 saturated heterocycles. The van der Waals surface area contributed by atoms with Crippen LogP contribution in [0.2, 0.25) is 0 Å². The van der Waals surface area contributed by atoms with E-state index in [1.807, 2.05) is 0 Å². The molecule has 2 rings (SSSR count). The first kappa shape index (κ1) is 18.4. The van der Waals surface area contributed by atoms with E-state index in [1.165, 1.54) is 5.56 Å². The molecule has 0 radical (unpaired) electrons. The van der Waals surface area contributed by atoms with Crippen LogP contribution in [0, 0.1) is 5.41 Å². The van der Waals surface area contributed by atoms with E-state index in [-0.39, 0.29) is 5.41 Å². The Labute approximate surface area is 132 Å². The minimum atomic E-state index is -0.691. The standard InChI is InChI=1S/C9H12N2O.C8H16O2/c10-5-7-4-8-2-1-3-12-9(8)11-6-7;1-8(2,3)6-4-5-7(9)10/h4,6H,1-3,5,10H2;4-6H2,1-3H3,(H,9,10). The number of rotatable bonds is 4. The van der Waals surface area contributed by atoms with E-state index < -0.39 is 5.97 Å². The van der Waals surface area contributed by atoms with Crippen molar-refractivity contribution in [1.29, 1.82) is 0 Å². The molecule has 2 heterocycles. The van der Waals surface area contributed by atoms with Crippen LogP contribution in [0.1, 0.15) is 57.6 Å². The van der Waals surface area contributed by atoms with E-state index in [0.717, 1.165) is 43.7 Å². The number of carbonyl (C=O) groups is 1. The molecule has 0 aliphatic carbocycles. The third kappa shape index (κ3) is 7.41. The van der Waals surface area contributed by atoms with Gasteiger partial charge >= 0.3 is 5.97 Å².